The van der Waals surface area contributed by atoms with Crippen molar-refractivity contribution in [3.05, 3.63) is 63.4 Å². The van der Waals surface area contributed by atoms with Gasteiger partial charge in [-0.15, -0.1) is 11.6 Å². The summed E-state index contributed by atoms with van der Waals surface area (Å²) in [7, 11) is 0. The molecule has 0 bridgehead atoms. The smallest absolute Gasteiger partial charge is 0.197 e. The number of fused-ring (bicyclic) bond motifs is 1. The van der Waals surface area contributed by atoms with Crippen molar-refractivity contribution in [1.82, 2.24) is 4.98 Å². The Morgan fingerprint density at radius 1 is 1.20 bits per heavy atom. The highest BCUT2D eigenvalue weighted by Crippen LogP contribution is 2.31. The molecule has 5 heteroatoms. The number of hydrogen-bond acceptors (Lipinski definition) is 2. The van der Waals surface area contributed by atoms with E-state index < -0.39 is 0 Å². The first-order valence-corrected chi connectivity index (χ1v) is 7.67. The van der Waals surface area contributed by atoms with Gasteiger partial charge in [0.25, 0.3) is 0 Å². The van der Waals surface area contributed by atoms with Crippen LogP contribution in [0.15, 0.2) is 51.4 Å². The standard InChI is InChI=1S/C15H10BrCl2NO/c16-10-7-9(5-6-11(10)17)12(18)8-15-19-13-3-1-2-4-14(13)20-15/h1-7,12H,8H2. The van der Waals surface area contributed by atoms with Crippen molar-refractivity contribution in [3.8, 4) is 0 Å². The molecule has 0 aliphatic heterocycles. The van der Waals surface area contributed by atoms with Gasteiger partial charge in [0, 0.05) is 10.9 Å². The Morgan fingerprint density at radius 3 is 2.75 bits per heavy atom. The SMILES string of the molecule is Clc1ccc(C(Cl)Cc2nc3ccccc3o2)cc1Br. The zero-order valence-corrected chi connectivity index (χ0v) is 13.4. The van der Waals surface area contributed by atoms with Gasteiger partial charge in [-0.2, -0.15) is 0 Å². The number of nitrogens with zero attached hydrogens (tertiary/aromatic N) is 1. The van der Waals surface area contributed by atoms with Gasteiger partial charge in [-0.25, -0.2) is 4.98 Å². The lowest BCUT2D eigenvalue weighted by Crippen LogP contribution is -1.96. The van der Waals surface area contributed by atoms with Crippen molar-refractivity contribution in [2.45, 2.75) is 11.8 Å². The fourth-order valence-corrected chi connectivity index (χ4v) is 2.77. The monoisotopic (exact) mass is 369 g/mol. The molecule has 0 N–H and O–H groups in total. The van der Waals surface area contributed by atoms with Crippen LogP contribution in [-0.4, -0.2) is 4.98 Å². The maximum absolute atomic E-state index is 6.43. The largest absolute Gasteiger partial charge is 0.441 e. The van der Waals surface area contributed by atoms with Crippen LogP contribution in [0.2, 0.25) is 5.02 Å². The van der Waals surface area contributed by atoms with E-state index in [1.165, 1.54) is 0 Å². The number of oxazole rings is 1. The van der Waals surface area contributed by atoms with Gasteiger partial charge >= 0.3 is 0 Å². The van der Waals surface area contributed by atoms with Crippen LogP contribution in [0.4, 0.5) is 0 Å². The minimum Gasteiger partial charge on any atom is -0.441 e. The zero-order chi connectivity index (χ0) is 14.1. The molecule has 20 heavy (non-hydrogen) atoms. The summed E-state index contributed by atoms with van der Waals surface area (Å²) in [5, 5.41) is 0.455. The second kappa shape index (κ2) is 5.76. The van der Waals surface area contributed by atoms with Crippen LogP contribution in [0.25, 0.3) is 11.1 Å². The fraction of sp³-hybridized carbons (Fsp3) is 0.133. The molecule has 1 atom stereocenters. The molecule has 3 rings (SSSR count). The average Bonchev–Trinajstić information content (AvgIpc) is 2.83. The van der Waals surface area contributed by atoms with Crippen LogP contribution < -0.4 is 0 Å². The van der Waals surface area contributed by atoms with Crippen molar-refractivity contribution in [2.24, 2.45) is 0 Å². The molecule has 1 unspecified atom stereocenters. The third kappa shape index (κ3) is 2.85. The van der Waals surface area contributed by atoms with E-state index in [1.807, 2.05) is 42.5 Å². The highest BCUT2D eigenvalue weighted by molar-refractivity contribution is 9.10. The summed E-state index contributed by atoms with van der Waals surface area (Å²) < 4.78 is 6.51. The quantitative estimate of drug-likeness (QED) is 0.547. The van der Waals surface area contributed by atoms with Gasteiger partial charge in [-0.05, 0) is 45.8 Å². The Morgan fingerprint density at radius 2 is 2.00 bits per heavy atom. The maximum Gasteiger partial charge on any atom is 0.197 e. The average molecular weight is 371 g/mol. The first-order valence-electron chi connectivity index (χ1n) is 6.07. The molecular weight excluding hydrogens is 361 g/mol. The van der Waals surface area contributed by atoms with E-state index in [0.717, 1.165) is 21.1 Å². The van der Waals surface area contributed by atoms with Crippen molar-refractivity contribution in [2.75, 3.05) is 0 Å². The highest BCUT2D eigenvalue weighted by Gasteiger charge is 2.14. The van der Waals surface area contributed by atoms with E-state index in [1.54, 1.807) is 0 Å². The van der Waals surface area contributed by atoms with Crippen LogP contribution in [0, 0.1) is 0 Å². The van der Waals surface area contributed by atoms with Crippen LogP contribution in [0.5, 0.6) is 0 Å². The van der Waals surface area contributed by atoms with Gasteiger partial charge in [0.15, 0.2) is 11.5 Å². The number of benzene rings is 2. The van der Waals surface area contributed by atoms with Crippen molar-refractivity contribution >= 4 is 50.2 Å². The van der Waals surface area contributed by atoms with Crippen LogP contribution >= 0.6 is 39.1 Å². The fourth-order valence-electron chi connectivity index (χ4n) is 1.99. The van der Waals surface area contributed by atoms with Gasteiger partial charge in [-0.1, -0.05) is 29.8 Å². The number of alkyl halides is 1. The summed E-state index contributed by atoms with van der Waals surface area (Å²) in [6.07, 6.45) is 0.532. The van der Waals surface area contributed by atoms with E-state index in [0.29, 0.717) is 17.3 Å². The summed E-state index contributed by atoms with van der Waals surface area (Å²) in [6, 6.07) is 13.3. The van der Waals surface area contributed by atoms with E-state index in [-0.39, 0.29) is 5.38 Å². The first-order chi connectivity index (χ1) is 9.63. The lowest BCUT2D eigenvalue weighted by atomic mass is 10.1. The Balaban J connectivity index is 1.84. The van der Waals surface area contributed by atoms with Gasteiger partial charge in [0.1, 0.15) is 5.52 Å². The number of para-hydroxylation sites is 2. The molecule has 0 fully saturated rings. The van der Waals surface area contributed by atoms with Crippen LogP contribution in [0.3, 0.4) is 0 Å². The molecule has 102 valence electrons. The Bertz CT molecular complexity index is 723. The van der Waals surface area contributed by atoms with Crippen LogP contribution in [0.1, 0.15) is 16.8 Å². The van der Waals surface area contributed by atoms with Crippen molar-refractivity contribution in [3.63, 3.8) is 0 Å². The minimum absolute atomic E-state index is 0.211. The van der Waals surface area contributed by atoms with Crippen molar-refractivity contribution < 1.29 is 4.42 Å². The van der Waals surface area contributed by atoms with Gasteiger partial charge in [0.05, 0.1) is 10.4 Å². The van der Waals surface area contributed by atoms with E-state index in [2.05, 4.69) is 20.9 Å². The minimum atomic E-state index is -0.211. The predicted molar refractivity (Wildman–Crippen MR) is 85.5 cm³/mol. The normalized spacial score (nSPS) is 12.8. The molecule has 2 aromatic carbocycles. The summed E-state index contributed by atoms with van der Waals surface area (Å²) in [4.78, 5) is 4.43. The molecule has 1 heterocycles. The van der Waals surface area contributed by atoms with E-state index >= 15 is 0 Å². The molecular formula is C15H10BrCl2NO. The third-order valence-electron chi connectivity index (χ3n) is 3.00. The van der Waals surface area contributed by atoms with Gasteiger partial charge in [0.2, 0.25) is 0 Å². The number of hydrogen-bond donors (Lipinski definition) is 0. The molecule has 1 aromatic heterocycles. The molecule has 0 radical (unpaired) electrons. The molecule has 0 aliphatic carbocycles. The topological polar surface area (TPSA) is 26.0 Å². The second-order valence-corrected chi connectivity index (χ2v) is 6.21. The van der Waals surface area contributed by atoms with E-state index in [4.69, 9.17) is 27.6 Å². The van der Waals surface area contributed by atoms with Crippen LogP contribution in [-0.2, 0) is 6.42 Å². The zero-order valence-electron chi connectivity index (χ0n) is 10.3. The number of aromatic nitrogens is 1. The van der Waals surface area contributed by atoms with Gasteiger partial charge < -0.3 is 4.42 Å². The molecule has 0 saturated heterocycles. The third-order valence-corrected chi connectivity index (χ3v) is 4.62. The second-order valence-electron chi connectivity index (χ2n) is 4.42. The summed E-state index contributed by atoms with van der Waals surface area (Å²) >= 11 is 15.8. The number of rotatable bonds is 3. The molecule has 3 aromatic rings. The Kier molecular flexibility index (Phi) is 4.01. The summed E-state index contributed by atoms with van der Waals surface area (Å²) in [5.41, 5.74) is 2.61. The Labute approximate surface area is 134 Å². The predicted octanol–water partition coefficient (Wildman–Crippen LogP) is 5.77. The lowest BCUT2D eigenvalue weighted by molar-refractivity contribution is 0.525. The molecule has 0 amide bonds. The highest BCUT2D eigenvalue weighted by atomic mass is 79.9. The lowest BCUT2D eigenvalue weighted by Gasteiger charge is -2.08. The number of halogens is 3. The molecule has 0 saturated carbocycles. The van der Waals surface area contributed by atoms with Crippen molar-refractivity contribution in [1.29, 1.82) is 0 Å². The summed E-state index contributed by atoms with van der Waals surface area (Å²) in [6.45, 7) is 0. The molecule has 2 nitrogen and oxygen atoms in total. The molecule has 0 spiro atoms. The van der Waals surface area contributed by atoms with E-state index in [9.17, 15) is 0 Å². The summed E-state index contributed by atoms with van der Waals surface area (Å²) in [5.74, 6) is 0.636. The first kappa shape index (κ1) is 13.9. The Hall–Kier alpha value is -1.03. The maximum atomic E-state index is 6.43. The molecule has 0 aliphatic rings. The van der Waals surface area contributed by atoms with Gasteiger partial charge in [-0.3, -0.25) is 0 Å².